The summed E-state index contributed by atoms with van der Waals surface area (Å²) in [6, 6.07) is 10.0. The van der Waals surface area contributed by atoms with Crippen molar-refractivity contribution in [1.29, 1.82) is 0 Å². The Morgan fingerprint density at radius 1 is 1.20 bits per heavy atom. The molecule has 0 bridgehead atoms. The predicted molar refractivity (Wildman–Crippen MR) is 81.3 cm³/mol. The summed E-state index contributed by atoms with van der Waals surface area (Å²) in [5, 5.41) is 6.14. The highest BCUT2D eigenvalue weighted by molar-refractivity contribution is 6.43. The minimum Gasteiger partial charge on any atom is -0.330 e. The number of carbonyl (C=O) groups excluding carboxylic acids is 1. The van der Waals surface area contributed by atoms with Crippen LogP contribution in [0.5, 0.6) is 0 Å². The number of halogens is 2. The highest BCUT2D eigenvalue weighted by Gasteiger charge is 2.12. The van der Waals surface area contributed by atoms with Gasteiger partial charge in [-0.3, -0.25) is 4.98 Å². The number of aromatic nitrogens is 1. The number of pyridine rings is 1. The lowest BCUT2D eigenvalue weighted by atomic mass is 10.2. The zero-order chi connectivity index (χ0) is 14.5. The first kappa shape index (κ1) is 14.6. The van der Waals surface area contributed by atoms with Gasteiger partial charge in [0.05, 0.1) is 27.5 Å². The van der Waals surface area contributed by atoms with E-state index in [1.165, 1.54) is 0 Å². The molecule has 2 aromatic rings. The van der Waals surface area contributed by atoms with Crippen LogP contribution < -0.4 is 10.6 Å². The molecule has 0 aliphatic carbocycles. The van der Waals surface area contributed by atoms with E-state index in [4.69, 9.17) is 23.2 Å². The summed E-state index contributed by atoms with van der Waals surface area (Å²) >= 11 is 11.9. The van der Waals surface area contributed by atoms with E-state index in [0.29, 0.717) is 15.7 Å². The highest BCUT2D eigenvalue weighted by atomic mass is 35.5. The zero-order valence-electron chi connectivity index (χ0n) is 10.7. The fourth-order valence-electron chi connectivity index (χ4n) is 1.66. The van der Waals surface area contributed by atoms with Crippen LogP contribution in [-0.4, -0.2) is 11.0 Å². The highest BCUT2D eigenvalue weighted by Crippen LogP contribution is 2.29. The number of hydrogen-bond donors (Lipinski definition) is 2. The zero-order valence-corrected chi connectivity index (χ0v) is 12.2. The van der Waals surface area contributed by atoms with Gasteiger partial charge in [-0.15, -0.1) is 0 Å². The Labute approximate surface area is 127 Å². The van der Waals surface area contributed by atoms with Crippen LogP contribution in [0.15, 0.2) is 42.6 Å². The maximum absolute atomic E-state index is 11.9. The van der Waals surface area contributed by atoms with Crippen LogP contribution in [0, 0.1) is 0 Å². The molecule has 1 aromatic heterocycles. The second-order valence-corrected chi connectivity index (χ2v) is 4.96. The molecule has 0 fully saturated rings. The third kappa shape index (κ3) is 3.62. The van der Waals surface area contributed by atoms with Crippen molar-refractivity contribution in [2.24, 2.45) is 0 Å². The topological polar surface area (TPSA) is 54.0 Å². The van der Waals surface area contributed by atoms with E-state index in [1.807, 2.05) is 25.1 Å². The molecule has 0 unspecified atom stereocenters. The lowest BCUT2D eigenvalue weighted by Crippen LogP contribution is -2.31. The van der Waals surface area contributed by atoms with Crippen molar-refractivity contribution in [2.75, 3.05) is 5.32 Å². The fraction of sp³-hybridized carbons (Fsp3) is 0.143. The van der Waals surface area contributed by atoms with Gasteiger partial charge in [0.1, 0.15) is 0 Å². The average Bonchev–Trinajstić information content (AvgIpc) is 2.45. The molecule has 0 saturated carbocycles. The van der Waals surface area contributed by atoms with E-state index in [-0.39, 0.29) is 12.1 Å². The van der Waals surface area contributed by atoms with Crippen molar-refractivity contribution in [1.82, 2.24) is 10.3 Å². The number of hydrogen-bond acceptors (Lipinski definition) is 2. The molecule has 2 rings (SSSR count). The number of nitrogens with zero attached hydrogens (tertiary/aromatic N) is 1. The van der Waals surface area contributed by atoms with Gasteiger partial charge in [-0.25, -0.2) is 4.79 Å². The second-order valence-electron chi connectivity index (χ2n) is 4.18. The van der Waals surface area contributed by atoms with Gasteiger partial charge in [0.25, 0.3) is 0 Å². The first-order valence-corrected chi connectivity index (χ1v) is 6.76. The van der Waals surface area contributed by atoms with E-state index in [9.17, 15) is 4.79 Å². The lowest BCUT2D eigenvalue weighted by molar-refractivity contribution is 0.249. The molecular weight excluding hydrogens is 297 g/mol. The normalized spacial score (nSPS) is 11.8. The first-order chi connectivity index (χ1) is 9.58. The predicted octanol–water partition coefficient (Wildman–Crippen LogP) is 4.27. The number of urea groups is 1. The average molecular weight is 310 g/mol. The van der Waals surface area contributed by atoms with Gasteiger partial charge in [0, 0.05) is 6.20 Å². The molecular formula is C14H13Cl2N3O. The Morgan fingerprint density at radius 2 is 2.00 bits per heavy atom. The van der Waals surface area contributed by atoms with E-state index in [2.05, 4.69) is 15.6 Å². The molecule has 2 amide bonds. The van der Waals surface area contributed by atoms with Crippen molar-refractivity contribution < 1.29 is 4.79 Å². The van der Waals surface area contributed by atoms with Crippen molar-refractivity contribution in [3.05, 3.63) is 58.3 Å². The molecule has 1 heterocycles. The van der Waals surface area contributed by atoms with E-state index >= 15 is 0 Å². The summed E-state index contributed by atoms with van der Waals surface area (Å²) in [6.45, 7) is 1.85. The molecule has 0 spiro atoms. The van der Waals surface area contributed by atoms with Crippen molar-refractivity contribution >= 4 is 34.9 Å². The largest absolute Gasteiger partial charge is 0.330 e. The quantitative estimate of drug-likeness (QED) is 0.889. The Balaban J connectivity index is 2.01. The van der Waals surface area contributed by atoms with Gasteiger partial charge in [-0.05, 0) is 31.2 Å². The summed E-state index contributed by atoms with van der Waals surface area (Å²) < 4.78 is 0. The monoisotopic (exact) mass is 309 g/mol. The summed E-state index contributed by atoms with van der Waals surface area (Å²) in [6.07, 6.45) is 1.68. The van der Waals surface area contributed by atoms with Crippen LogP contribution in [0.25, 0.3) is 0 Å². The van der Waals surface area contributed by atoms with Crippen LogP contribution in [0.1, 0.15) is 18.7 Å². The summed E-state index contributed by atoms with van der Waals surface area (Å²) in [5.74, 6) is 0. The third-order valence-corrected chi connectivity index (χ3v) is 3.50. The van der Waals surface area contributed by atoms with Crippen LogP contribution >= 0.6 is 23.2 Å². The molecule has 0 aliphatic heterocycles. The number of carbonyl (C=O) groups is 1. The number of benzene rings is 1. The number of rotatable bonds is 3. The van der Waals surface area contributed by atoms with Crippen molar-refractivity contribution in [3.8, 4) is 0 Å². The Hall–Kier alpha value is -1.78. The van der Waals surface area contributed by atoms with Gasteiger partial charge in [-0.2, -0.15) is 0 Å². The van der Waals surface area contributed by atoms with Crippen LogP contribution in [0.3, 0.4) is 0 Å². The van der Waals surface area contributed by atoms with Crippen LogP contribution in [0.2, 0.25) is 10.0 Å². The number of amides is 2. The molecule has 0 aliphatic rings. The number of nitrogens with one attached hydrogen (secondary N) is 2. The van der Waals surface area contributed by atoms with Crippen molar-refractivity contribution in [3.63, 3.8) is 0 Å². The van der Waals surface area contributed by atoms with Gasteiger partial charge in [-0.1, -0.05) is 35.3 Å². The molecule has 20 heavy (non-hydrogen) atoms. The molecule has 104 valence electrons. The Kier molecular flexibility index (Phi) is 4.82. The fourth-order valence-corrected chi connectivity index (χ4v) is 2.01. The maximum Gasteiger partial charge on any atom is 0.319 e. The third-order valence-electron chi connectivity index (χ3n) is 2.68. The molecule has 1 aromatic carbocycles. The van der Waals surface area contributed by atoms with E-state index in [1.54, 1.807) is 24.4 Å². The Morgan fingerprint density at radius 3 is 2.70 bits per heavy atom. The van der Waals surface area contributed by atoms with Crippen LogP contribution in [-0.2, 0) is 0 Å². The molecule has 4 nitrogen and oxygen atoms in total. The minimum atomic E-state index is -0.368. The molecule has 6 heteroatoms. The first-order valence-electron chi connectivity index (χ1n) is 6.00. The number of anilines is 1. The van der Waals surface area contributed by atoms with Crippen molar-refractivity contribution in [2.45, 2.75) is 13.0 Å². The lowest BCUT2D eigenvalue weighted by Gasteiger charge is -2.14. The van der Waals surface area contributed by atoms with E-state index < -0.39 is 0 Å². The maximum atomic E-state index is 11.9. The van der Waals surface area contributed by atoms with Gasteiger partial charge < -0.3 is 10.6 Å². The molecule has 0 radical (unpaired) electrons. The smallest absolute Gasteiger partial charge is 0.319 e. The summed E-state index contributed by atoms with van der Waals surface area (Å²) in [5.41, 5.74) is 1.24. The van der Waals surface area contributed by atoms with Gasteiger partial charge in [0.15, 0.2) is 0 Å². The summed E-state index contributed by atoms with van der Waals surface area (Å²) in [7, 11) is 0. The van der Waals surface area contributed by atoms with Crippen LogP contribution in [0.4, 0.5) is 10.5 Å². The van der Waals surface area contributed by atoms with Gasteiger partial charge >= 0.3 is 6.03 Å². The molecule has 0 saturated heterocycles. The second kappa shape index (κ2) is 6.59. The van der Waals surface area contributed by atoms with E-state index in [0.717, 1.165) is 5.69 Å². The standard InChI is InChI=1S/C14H13Cl2N3O/c1-9(11-6-2-3-8-17-11)18-14(20)19-12-7-4-5-10(15)13(12)16/h2-9H,1H3,(H2,18,19,20)/t9-/m1/s1. The SMILES string of the molecule is C[C@@H](NC(=O)Nc1cccc(Cl)c1Cl)c1ccccn1. The minimum absolute atomic E-state index is 0.214. The summed E-state index contributed by atoms with van der Waals surface area (Å²) in [4.78, 5) is 16.1. The van der Waals surface area contributed by atoms with Gasteiger partial charge in [0.2, 0.25) is 0 Å². The Bertz CT molecular complexity index is 605. The molecule has 2 N–H and O–H groups in total. The molecule has 1 atom stereocenters.